The lowest BCUT2D eigenvalue weighted by Crippen LogP contribution is -2.18. The minimum Gasteiger partial charge on any atom is -0.339 e. The van der Waals surface area contributed by atoms with Crippen LogP contribution in [-0.4, -0.2) is 31.8 Å². The van der Waals surface area contributed by atoms with E-state index in [9.17, 15) is 9.18 Å². The number of hydrogen-bond donors (Lipinski definition) is 1. The lowest BCUT2D eigenvalue weighted by atomic mass is 10.1. The first-order valence-corrected chi connectivity index (χ1v) is 10.6. The number of hydrogen-bond acceptors (Lipinski definition) is 5. The maximum atomic E-state index is 13.3. The Bertz CT molecular complexity index is 1370. The Hall–Kier alpha value is -3.81. The van der Waals surface area contributed by atoms with Gasteiger partial charge in [0.2, 0.25) is 11.7 Å². The first-order chi connectivity index (χ1) is 15.5. The molecule has 0 spiro atoms. The summed E-state index contributed by atoms with van der Waals surface area (Å²) in [5.41, 5.74) is 4.94. The summed E-state index contributed by atoms with van der Waals surface area (Å²) in [6.45, 7) is 3.98. The maximum Gasteiger partial charge on any atom is 0.273 e. The normalized spacial score (nSPS) is 20.7. The smallest absolute Gasteiger partial charge is 0.273 e. The molecule has 7 nitrogen and oxygen atoms in total. The fourth-order valence-corrected chi connectivity index (χ4v) is 4.33. The third-order valence-corrected chi connectivity index (χ3v) is 6.28. The summed E-state index contributed by atoms with van der Waals surface area (Å²) in [7, 11) is 0. The molecular weight excluding hydrogens is 409 g/mol. The van der Waals surface area contributed by atoms with Crippen molar-refractivity contribution in [1.82, 2.24) is 19.7 Å². The van der Waals surface area contributed by atoms with Crippen LogP contribution >= 0.6 is 0 Å². The molecule has 32 heavy (non-hydrogen) atoms. The molecule has 1 N–H and O–H groups in total. The number of fused-ring (bicyclic) bond motifs is 3. The number of aryl methyl sites for hydroxylation is 1. The average Bonchev–Trinajstić information content (AvgIpc) is 3.17. The van der Waals surface area contributed by atoms with E-state index < -0.39 is 6.17 Å². The van der Waals surface area contributed by atoms with Crippen LogP contribution < -0.4 is 5.32 Å². The number of carbonyl (C=O) groups excluding carboxylic acids is 1. The largest absolute Gasteiger partial charge is 0.339 e. The first kappa shape index (κ1) is 18.9. The van der Waals surface area contributed by atoms with Crippen LogP contribution in [0.3, 0.4) is 0 Å². The zero-order valence-corrected chi connectivity index (χ0v) is 17.5. The highest BCUT2D eigenvalue weighted by molar-refractivity contribution is 6.04. The lowest BCUT2D eigenvalue weighted by molar-refractivity contribution is 0.101. The van der Waals surface area contributed by atoms with Gasteiger partial charge in [-0.1, -0.05) is 41.6 Å². The van der Waals surface area contributed by atoms with Crippen molar-refractivity contribution >= 4 is 11.6 Å². The maximum absolute atomic E-state index is 13.3. The van der Waals surface area contributed by atoms with Gasteiger partial charge in [0.1, 0.15) is 17.7 Å². The van der Waals surface area contributed by atoms with E-state index in [0.717, 1.165) is 22.5 Å². The predicted molar refractivity (Wildman–Crippen MR) is 116 cm³/mol. The molecule has 160 valence electrons. The third kappa shape index (κ3) is 2.86. The van der Waals surface area contributed by atoms with Crippen LogP contribution in [-0.2, 0) is 0 Å². The summed E-state index contributed by atoms with van der Waals surface area (Å²) >= 11 is 0. The van der Waals surface area contributed by atoms with E-state index in [1.165, 1.54) is 0 Å². The van der Waals surface area contributed by atoms with Crippen molar-refractivity contribution < 1.29 is 13.7 Å². The van der Waals surface area contributed by atoms with Crippen LogP contribution in [0, 0.1) is 6.92 Å². The minimum absolute atomic E-state index is 0.0244. The minimum atomic E-state index is -0.901. The van der Waals surface area contributed by atoms with Gasteiger partial charge in [0.25, 0.3) is 5.91 Å². The van der Waals surface area contributed by atoms with Crippen LogP contribution in [0.4, 0.5) is 10.1 Å². The van der Waals surface area contributed by atoms with Gasteiger partial charge in [0.15, 0.2) is 0 Å². The number of halogens is 1. The molecule has 3 atom stereocenters. The summed E-state index contributed by atoms with van der Waals surface area (Å²) < 4.78 is 20.5. The fourth-order valence-electron chi connectivity index (χ4n) is 4.33. The number of aromatic nitrogens is 4. The number of nitrogens with one attached hydrogen (secondary N) is 1. The molecule has 4 aromatic rings. The number of anilines is 1. The van der Waals surface area contributed by atoms with Crippen LogP contribution in [0.2, 0.25) is 0 Å². The number of carbonyl (C=O) groups is 1. The van der Waals surface area contributed by atoms with Crippen molar-refractivity contribution in [1.29, 1.82) is 0 Å². The molecule has 0 bridgehead atoms. The summed E-state index contributed by atoms with van der Waals surface area (Å²) in [4.78, 5) is 22.0. The molecule has 1 aliphatic heterocycles. The van der Waals surface area contributed by atoms with Crippen molar-refractivity contribution in [2.45, 2.75) is 38.4 Å². The highest BCUT2D eigenvalue weighted by Crippen LogP contribution is 2.43. The molecule has 3 heterocycles. The van der Waals surface area contributed by atoms with Crippen molar-refractivity contribution in [3.63, 3.8) is 0 Å². The van der Waals surface area contributed by atoms with Crippen molar-refractivity contribution in [2.75, 3.05) is 5.32 Å². The standard InChI is InChI=1S/C24H20FN5O2/c1-12-7-8-14(21-28-24(32-29-21)17-10-18(17)25)9-19(12)27-23(31)20-11-26-22-16-6-4-3-5-15(16)13(2)30(20)22/h3-9,11,13,17-18H,10H2,1-2H3,(H,27,31)/t13?,17-,18-/m0/s1. The van der Waals surface area contributed by atoms with Gasteiger partial charge in [-0.3, -0.25) is 4.79 Å². The van der Waals surface area contributed by atoms with E-state index in [-0.39, 0.29) is 17.9 Å². The van der Waals surface area contributed by atoms with Gasteiger partial charge in [0, 0.05) is 16.8 Å². The molecule has 8 heteroatoms. The number of nitrogens with zero attached hydrogens (tertiary/aromatic N) is 4. The van der Waals surface area contributed by atoms with Crippen LogP contribution in [0.5, 0.6) is 0 Å². The second kappa shape index (κ2) is 6.85. The average molecular weight is 429 g/mol. The van der Waals surface area contributed by atoms with Gasteiger partial charge in [-0.25, -0.2) is 9.37 Å². The van der Waals surface area contributed by atoms with Gasteiger partial charge in [0.05, 0.1) is 18.2 Å². The molecule has 0 saturated heterocycles. The van der Waals surface area contributed by atoms with Gasteiger partial charge in [-0.05, 0) is 37.5 Å². The molecule has 0 radical (unpaired) electrons. The quantitative estimate of drug-likeness (QED) is 0.498. The van der Waals surface area contributed by atoms with Gasteiger partial charge in [-0.2, -0.15) is 4.98 Å². The molecule has 2 aromatic carbocycles. The molecule has 1 aliphatic carbocycles. The SMILES string of the molecule is Cc1ccc(-c2noc([C@H]3C[C@@H]3F)n2)cc1NC(=O)c1cnc2n1C(C)c1ccccc1-2. The number of benzene rings is 2. The Morgan fingerprint density at radius 3 is 2.88 bits per heavy atom. The Morgan fingerprint density at radius 2 is 2.06 bits per heavy atom. The summed E-state index contributed by atoms with van der Waals surface area (Å²) in [5.74, 6) is 0.965. The Kier molecular flexibility index (Phi) is 4.05. The zero-order chi connectivity index (χ0) is 22.0. The van der Waals surface area contributed by atoms with Crippen LogP contribution in [0.15, 0.2) is 53.2 Å². The summed E-state index contributed by atoms with van der Waals surface area (Å²) in [6.07, 6.45) is 1.14. The van der Waals surface area contributed by atoms with Crippen molar-refractivity contribution in [3.8, 4) is 22.8 Å². The number of alkyl halides is 1. The lowest BCUT2D eigenvalue weighted by Gasteiger charge is -2.14. The Labute approximate surface area is 183 Å². The highest BCUT2D eigenvalue weighted by atomic mass is 19.1. The van der Waals surface area contributed by atoms with Crippen molar-refractivity contribution in [3.05, 3.63) is 71.4 Å². The zero-order valence-electron chi connectivity index (χ0n) is 17.5. The molecular formula is C24H20FN5O2. The van der Waals surface area contributed by atoms with E-state index in [2.05, 4.69) is 33.4 Å². The number of rotatable bonds is 4. The number of amides is 1. The van der Waals surface area contributed by atoms with E-state index in [0.29, 0.717) is 35.1 Å². The van der Waals surface area contributed by atoms with Gasteiger partial charge in [-0.15, -0.1) is 0 Å². The summed E-state index contributed by atoms with van der Waals surface area (Å²) in [6, 6.07) is 13.6. The van der Waals surface area contributed by atoms with Crippen LogP contribution in [0.25, 0.3) is 22.8 Å². The van der Waals surface area contributed by atoms with E-state index in [4.69, 9.17) is 4.52 Å². The molecule has 1 fully saturated rings. The second-order valence-corrected chi connectivity index (χ2v) is 8.40. The molecule has 1 unspecified atom stereocenters. The van der Waals surface area contributed by atoms with E-state index >= 15 is 0 Å². The van der Waals surface area contributed by atoms with Crippen molar-refractivity contribution in [2.24, 2.45) is 0 Å². The topological polar surface area (TPSA) is 85.8 Å². The van der Waals surface area contributed by atoms with E-state index in [1.807, 2.05) is 41.8 Å². The summed E-state index contributed by atoms with van der Waals surface area (Å²) in [5, 5.41) is 6.99. The second-order valence-electron chi connectivity index (χ2n) is 8.40. The Morgan fingerprint density at radius 1 is 1.25 bits per heavy atom. The van der Waals surface area contributed by atoms with Crippen LogP contribution in [0.1, 0.15) is 52.8 Å². The Balaban J connectivity index is 1.29. The number of imidazole rings is 1. The highest BCUT2D eigenvalue weighted by Gasteiger charge is 2.43. The van der Waals surface area contributed by atoms with E-state index in [1.54, 1.807) is 12.3 Å². The molecule has 2 aliphatic rings. The molecule has 1 saturated carbocycles. The molecule has 6 rings (SSSR count). The molecule has 2 aromatic heterocycles. The monoisotopic (exact) mass is 429 g/mol. The van der Waals surface area contributed by atoms with Gasteiger partial charge >= 0.3 is 0 Å². The fraction of sp³-hybridized carbons (Fsp3) is 0.250. The van der Waals surface area contributed by atoms with Gasteiger partial charge < -0.3 is 14.4 Å². The first-order valence-electron chi connectivity index (χ1n) is 10.6. The predicted octanol–water partition coefficient (Wildman–Crippen LogP) is 4.91. The molecule has 1 amide bonds. The third-order valence-electron chi connectivity index (χ3n) is 6.28.